The van der Waals surface area contributed by atoms with Crippen LogP contribution in [0.4, 0.5) is 5.69 Å². The van der Waals surface area contributed by atoms with Crippen molar-refractivity contribution in [3.05, 3.63) is 47.9 Å². The van der Waals surface area contributed by atoms with Gasteiger partial charge in [-0.25, -0.2) is 9.97 Å². The number of H-pyrrole nitrogens is 1. The van der Waals surface area contributed by atoms with E-state index in [1.807, 2.05) is 25.1 Å². The molecule has 0 bridgehead atoms. The van der Waals surface area contributed by atoms with E-state index in [4.69, 9.17) is 4.42 Å². The Balaban J connectivity index is 1.91. The van der Waals surface area contributed by atoms with E-state index in [1.165, 1.54) is 6.39 Å². The van der Waals surface area contributed by atoms with Crippen LogP contribution in [0.3, 0.4) is 0 Å². The van der Waals surface area contributed by atoms with E-state index in [9.17, 15) is 4.79 Å². The molecule has 7 heteroatoms. The first-order chi connectivity index (χ1) is 10.7. The molecule has 1 amide bonds. The summed E-state index contributed by atoms with van der Waals surface area (Å²) >= 11 is 0. The van der Waals surface area contributed by atoms with Crippen LogP contribution in [0, 0.1) is 6.92 Å². The fraction of sp³-hybridized carbons (Fsp3) is 0.200. The van der Waals surface area contributed by atoms with Crippen LogP contribution in [0.25, 0.3) is 11.4 Å². The SMILES string of the molecule is CCc1nc(-c2ccccc2NC(=O)c2ncoc2C)n[nH]1. The van der Waals surface area contributed by atoms with Crippen LogP contribution in [0.15, 0.2) is 35.1 Å². The van der Waals surface area contributed by atoms with Crippen LogP contribution < -0.4 is 5.32 Å². The second kappa shape index (κ2) is 5.80. The topological polar surface area (TPSA) is 96.7 Å². The van der Waals surface area contributed by atoms with Crippen molar-refractivity contribution in [1.82, 2.24) is 20.2 Å². The molecule has 1 aromatic carbocycles. The maximum Gasteiger partial charge on any atom is 0.277 e. The maximum absolute atomic E-state index is 12.3. The highest BCUT2D eigenvalue weighted by atomic mass is 16.3. The van der Waals surface area contributed by atoms with Crippen LogP contribution in [0.1, 0.15) is 29.0 Å². The Bertz CT molecular complexity index is 806. The minimum atomic E-state index is -0.329. The van der Waals surface area contributed by atoms with Crippen molar-refractivity contribution < 1.29 is 9.21 Å². The predicted molar refractivity (Wildman–Crippen MR) is 80.4 cm³/mol. The van der Waals surface area contributed by atoms with Crippen LogP contribution in [0.5, 0.6) is 0 Å². The van der Waals surface area contributed by atoms with E-state index in [2.05, 4.69) is 25.5 Å². The number of aromatic amines is 1. The molecule has 0 unspecified atom stereocenters. The van der Waals surface area contributed by atoms with Gasteiger partial charge in [-0.15, -0.1) is 0 Å². The predicted octanol–water partition coefficient (Wildman–Crippen LogP) is 2.58. The van der Waals surface area contributed by atoms with E-state index >= 15 is 0 Å². The number of benzene rings is 1. The van der Waals surface area contributed by atoms with E-state index in [0.717, 1.165) is 17.8 Å². The minimum absolute atomic E-state index is 0.263. The monoisotopic (exact) mass is 297 g/mol. The summed E-state index contributed by atoms with van der Waals surface area (Å²) in [4.78, 5) is 20.6. The van der Waals surface area contributed by atoms with Crippen molar-refractivity contribution >= 4 is 11.6 Å². The van der Waals surface area contributed by atoms with Crippen LogP contribution >= 0.6 is 0 Å². The molecule has 2 N–H and O–H groups in total. The number of nitrogens with zero attached hydrogens (tertiary/aromatic N) is 3. The zero-order valence-electron chi connectivity index (χ0n) is 12.3. The summed E-state index contributed by atoms with van der Waals surface area (Å²) in [6.45, 7) is 3.68. The van der Waals surface area contributed by atoms with Gasteiger partial charge in [-0.2, -0.15) is 5.10 Å². The summed E-state index contributed by atoms with van der Waals surface area (Å²) in [5.74, 6) is 1.49. The quantitative estimate of drug-likeness (QED) is 0.771. The van der Waals surface area contributed by atoms with Gasteiger partial charge in [0.05, 0.1) is 5.69 Å². The molecule has 0 fully saturated rings. The number of aryl methyl sites for hydroxylation is 2. The maximum atomic E-state index is 12.3. The summed E-state index contributed by atoms with van der Waals surface area (Å²) in [6.07, 6.45) is 2.01. The second-order valence-electron chi connectivity index (χ2n) is 4.72. The highest BCUT2D eigenvalue weighted by Gasteiger charge is 2.16. The lowest BCUT2D eigenvalue weighted by Gasteiger charge is -2.07. The molecule has 0 aliphatic rings. The third kappa shape index (κ3) is 2.60. The average molecular weight is 297 g/mol. The van der Waals surface area contributed by atoms with Crippen molar-refractivity contribution in [3.8, 4) is 11.4 Å². The van der Waals surface area contributed by atoms with Crippen molar-refractivity contribution in [3.63, 3.8) is 0 Å². The molecule has 3 rings (SSSR count). The van der Waals surface area contributed by atoms with E-state index in [-0.39, 0.29) is 11.6 Å². The van der Waals surface area contributed by atoms with Gasteiger partial charge in [0.15, 0.2) is 17.9 Å². The number of para-hydroxylation sites is 1. The van der Waals surface area contributed by atoms with Gasteiger partial charge in [-0.1, -0.05) is 19.1 Å². The molecule has 0 aliphatic carbocycles. The smallest absolute Gasteiger partial charge is 0.277 e. The van der Waals surface area contributed by atoms with Gasteiger partial charge in [0, 0.05) is 12.0 Å². The highest BCUT2D eigenvalue weighted by molar-refractivity contribution is 6.05. The summed E-state index contributed by atoms with van der Waals surface area (Å²) in [7, 11) is 0. The number of rotatable bonds is 4. The molecule has 22 heavy (non-hydrogen) atoms. The Morgan fingerprint density at radius 1 is 1.36 bits per heavy atom. The third-order valence-corrected chi connectivity index (χ3v) is 3.24. The van der Waals surface area contributed by atoms with Crippen LogP contribution in [-0.4, -0.2) is 26.1 Å². The van der Waals surface area contributed by atoms with Crippen molar-refractivity contribution in [2.75, 3.05) is 5.32 Å². The van der Waals surface area contributed by atoms with Crippen LogP contribution in [0.2, 0.25) is 0 Å². The zero-order chi connectivity index (χ0) is 15.5. The summed E-state index contributed by atoms with van der Waals surface area (Å²) in [5.41, 5.74) is 1.63. The Labute approximate surface area is 126 Å². The van der Waals surface area contributed by atoms with Crippen LogP contribution in [-0.2, 0) is 6.42 Å². The molecule has 0 saturated heterocycles. The number of hydrogen-bond acceptors (Lipinski definition) is 5. The summed E-state index contributed by atoms with van der Waals surface area (Å²) in [6, 6.07) is 7.36. The number of nitrogens with one attached hydrogen (secondary N) is 2. The number of anilines is 1. The van der Waals surface area contributed by atoms with Crippen molar-refractivity contribution in [2.24, 2.45) is 0 Å². The van der Waals surface area contributed by atoms with Gasteiger partial charge in [0.25, 0.3) is 5.91 Å². The Morgan fingerprint density at radius 3 is 2.86 bits per heavy atom. The lowest BCUT2D eigenvalue weighted by Crippen LogP contribution is -2.14. The van der Waals surface area contributed by atoms with Gasteiger partial charge in [-0.05, 0) is 19.1 Å². The third-order valence-electron chi connectivity index (χ3n) is 3.24. The second-order valence-corrected chi connectivity index (χ2v) is 4.72. The average Bonchev–Trinajstić information content (AvgIpc) is 3.16. The number of carbonyl (C=O) groups is 1. The summed E-state index contributed by atoms with van der Waals surface area (Å²) in [5, 5.41) is 9.88. The first-order valence-electron chi connectivity index (χ1n) is 6.91. The van der Waals surface area contributed by atoms with E-state index in [0.29, 0.717) is 17.3 Å². The number of oxazole rings is 1. The van der Waals surface area contributed by atoms with E-state index in [1.54, 1.807) is 13.0 Å². The fourth-order valence-electron chi connectivity index (χ4n) is 2.07. The molecule has 0 radical (unpaired) electrons. The van der Waals surface area contributed by atoms with Gasteiger partial charge in [-0.3, -0.25) is 9.89 Å². The normalized spacial score (nSPS) is 10.6. The number of aromatic nitrogens is 4. The fourth-order valence-corrected chi connectivity index (χ4v) is 2.07. The van der Waals surface area contributed by atoms with E-state index < -0.39 is 0 Å². The zero-order valence-corrected chi connectivity index (χ0v) is 12.3. The Hall–Kier alpha value is -2.96. The lowest BCUT2D eigenvalue weighted by molar-refractivity contribution is 0.102. The van der Waals surface area contributed by atoms with Crippen molar-refractivity contribution in [2.45, 2.75) is 20.3 Å². The highest BCUT2D eigenvalue weighted by Crippen LogP contribution is 2.25. The van der Waals surface area contributed by atoms with Gasteiger partial charge >= 0.3 is 0 Å². The molecule has 112 valence electrons. The summed E-state index contributed by atoms with van der Waals surface area (Å²) < 4.78 is 5.05. The molecule has 0 saturated carbocycles. The molecule has 2 heterocycles. The van der Waals surface area contributed by atoms with Crippen molar-refractivity contribution in [1.29, 1.82) is 0 Å². The van der Waals surface area contributed by atoms with Gasteiger partial charge in [0.2, 0.25) is 0 Å². The minimum Gasteiger partial charge on any atom is -0.448 e. The largest absolute Gasteiger partial charge is 0.448 e. The number of carbonyl (C=O) groups excluding carboxylic acids is 1. The first kappa shape index (κ1) is 14.0. The first-order valence-corrected chi connectivity index (χ1v) is 6.91. The lowest BCUT2D eigenvalue weighted by atomic mass is 10.1. The molecule has 2 aromatic heterocycles. The molecular weight excluding hydrogens is 282 g/mol. The molecule has 0 aliphatic heterocycles. The Morgan fingerprint density at radius 2 is 2.18 bits per heavy atom. The molecule has 0 atom stereocenters. The number of amides is 1. The van der Waals surface area contributed by atoms with Gasteiger partial charge in [0.1, 0.15) is 11.6 Å². The Kier molecular flexibility index (Phi) is 3.69. The molecule has 7 nitrogen and oxygen atoms in total. The molecule has 0 spiro atoms. The van der Waals surface area contributed by atoms with Gasteiger partial charge < -0.3 is 9.73 Å². The number of hydrogen-bond donors (Lipinski definition) is 2. The molecule has 3 aromatic rings. The standard InChI is InChI=1S/C15H15N5O2/c1-3-12-18-14(20-19-12)10-6-4-5-7-11(10)17-15(21)13-9(2)22-8-16-13/h4-8H,3H2,1-2H3,(H,17,21)(H,18,19,20). The molecular formula is C15H15N5O2.